The lowest BCUT2D eigenvalue weighted by molar-refractivity contribution is -0.139. The van der Waals surface area contributed by atoms with Crippen LogP contribution in [-0.2, 0) is 25.7 Å². The SMILES string of the molecule is Cc1cccc(Cl)c1NN1Cc2cc(C(=O)Nc3cccc(C(F)(F)F)c3F)c3c(c2C1)CC(C)(C)O3. The Hall–Kier alpha value is -3.30. The number of carbonyl (C=O) groups is 1. The Morgan fingerprint density at radius 1 is 1.11 bits per heavy atom. The summed E-state index contributed by atoms with van der Waals surface area (Å²) in [5.74, 6) is -1.92. The number of benzene rings is 3. The Morgan fingerprint density at radius 3 is 2.54 bits per heavy atom. The van der Waals surface area contributed by atoms with Crippen LogP contribution in [0.4, 0.5) is 28.9 Å². The average molecular weight is 534 g/mol. The van der Waals surface area contributed by atoms with Crippen LogP contribution in [0, 0.1) is 12.7 Å². The van der Waals surface area contributed by atoms with Gasteiger partial charge in [-0.3, -0.25) is 4.79 Å². The highest BCUT2D eigenvalue weighted by molar-refractivity contribution is 6.33. The number of rotatable bonds is 4. The fourth-order valence-electron chi connectivity index (χ4n) is 4.87. The van der Waals surface area contributed by atoms with E-state index in [4.69, 9.17) is 16.3 Å². The summed E-state index contributed by atoms with van der Waals surface area (Å²) < 4.78 is 60.2. The molecule has 0 saturated carbocycles. The maximum Gasteiger partial charge on any atom is 0.419 e. The van der Waals surface area contributed by atoms with Crippen LogP contribution in [0.15, 0.2) is 42.5 Å². The van der Waals surface area contributed by atoms with Crippen molar-refractivity contribution < 1.29 is 27.1 Å². The highest BCUT2D eigenvalue weighted by Crippen LogP contribution is 2.44. The fourth-order valence-corrected chi connectivity index (χ4v) is 5.13. The van der Waals surface area contributed by atoms with E-state index in [0.29, 0.717) is 36.3 Å². The first-order valence-corrected chi connectivity index (χ1v) is 12.0. The van der Waals surface area contributed by atoms with E-state index in [1.165, 1.54) is 0 Å². The van der Waals surface area contributed by atoms with Crippen LogP contribution in [0.5, 0.6) is 5.75 Å². The van der Waals surface area contributed by atoms with Gasteiger partial charge in [-0.05, 0) is 61.7 Å². The summed E-state index contributed by atoms with van der Waals surface area (Å²) in [4.78, 5) is 13.3. The molecule has 0 spiro atoms. The molecule has 3 aromatic carbocycles. The number of nitrogens with one attached hydrogen (secondary N) is 2. The Balaban J connectivity index is 1.48. The van der Waals surface area contributed by atoms with Crippen LogP contribution in [0.3, 0.4) is 0 Å². The van der Waals surface area contributed by atoms with Crippen molar-refractivity contribution in [3.8, 4) is 5.75 Å². The zero-order valence-electron chi connectivity index (χ0n) is 20.3. The molecule has 0 aliphatic carbocycles. The second kappa shape index (κ2) is 8.92. The first-order valence-electron chi connectivity index (χ1n) is 11.6. The second-order valence-electron chi connectivity index (χ2n) is 9.93. The van der Waals surface area contributed by atoms with Crippen LogP contribution in [0.2, 0.25) is 5.02 Å². The molecule has 2 aliphatic rings. The number of anilines is 2. The Kier molecular flexibility index (Phi) is 6.11. The highest BCUT2D eigenvalue weighted by atomic mass is 35.5. The van der Waals surface area contributed by atoms with E-state index in [9.17, 15) is 22.4 Å². The van der Waals surface area contributed by atoms with Crippen molar-refractivity contribution >= 4 is 28.9 Å². The number of para-hydroxylation sites is 1. The van der Waals surface area contributed by atoms with Gasteiger partial charge in [-0.1, -0.05) is 29.8 Å². The number of hydrazine groups is 1. The van der Waals surface area contributed by atoms with E-state index in [2.05, 4.69) is 10.7 Å². The van der Waals surface area contributed by atoms with Gasteiger partial charge in [-0.2, -0.15) is 13.2 Å². The summed E-state index contributed by atoms with van der Waals surface area (Å²) >= 11 is 6.38. The number of nitrogens with zero attached hydrogens (tertiary/aromatic N) is 1. The molecule has 0 atom stereocenters. The molecule has 3 aromatic rings. The molecule has 0 unspecified atom stereocenters. The summed E-state index contributed by atoms with van der Waals surface area (Å²) in [6, 6.07) is 10.0. The molecule has 0 radical (unpaired) electrons. The predicted octanol–water partition coefficient (Wildman–Crippen LogP) is 7.11. The molecule has 10 heteroatoms. The lowest BCUT2D eigenvalue weighted by atomic mass is 9.93. The topological polar surface area (TPSA) is 53.6 Å². The number of amides is 1. The summed E-state index contributed by atoms with van der Waals surface area (Å²) in [5, 5.41) is 4.86. The summed E-state index contributed by atoms with van der Waals surface area (Å²) in [6.07, 6.45) is -4.34. The van der Waals surface area contributed by atoms with Gasteiger partial charge < -0.3 is 15.5 Å². The monoisotopic (exact) mass is 533 g/mol. The van der Waals surface area contributed by atoms with E-state index in [0.717, 1.165) is 40.1 Å². The Labute approximate surface area is 216 Å². The van der Waals surface area contributed by atoms with Crippen molar-refractivity contribution in [2.24, 2.45) is 0 Å². The van der Waals surface area contributed by atoms with Crippen molar-refractivity contribution in [2.75, 3.05) is 10.7 Å². The molecule has 2 heterocycles. The number of carbonyl (C=O) groups excluding carboxylic acids is 1. The molecule has 5 nitrogen and oxygen atoms in total. The zero-order chi connectivity index (χ0) is 26.7. The Morgan fingerprint density at radius 2 is 1.84 bits per heavy atom. The third-order valence-corrected chi connectivity index (χ3v) is 6.88. The molecule has 5 rings (SSSR count). The van der Waals surface area contributed by atoms with Crippen molar-refractivity contribution in [1.82, 2.24) is 5.01 Å². The number of alkyl halides is 3. The number of hydrogen-bond acceptors (Lipinski definition) is 4. The average Bonchev–Trinajstić information content (AvgIpc) is 3.35. The molecule has 2 aliphatic heterocycles. The summed E-state index contributed by atoms with van der Waals surface area (Å²) in [7, 11) is 0. The van der Waals surface area contributed by atoms with Crippen LogP contribution in [-0.4, -0.2) is 16.5 Å². The minimum absolute atomic E-state index is 0.145. The predicted molar refractivity (Wildman–Crippen MR) is 133 cm³/mol. The van der Waals surface area contributed by atoms with E-state index in [1.807, 2.05) is 37.9 Å². The van der Waals surface area contributed by atoms with Gasteiger partial charge in [-0.15, -0.1) is 0 Å². The molecular weight excluding hydrogens is 510 g/mol. The van der Waals surface area contributed by atoms with Crippen molar-refractivity contribution in [3.05, 3.63) is 86.7 Å². The van der Waals surface area contributed by atoms with Crippen LogP contribution >= 0.6 is 11.6 Å². The minimum Gasteiger partial charge on any atom is -0.486 e. The summed E-state index contributed by atoms with van der Waals surface area (Å²) in [5.41, 5.74) is 5.41. The van der Waals surface area contributed by atoms with Crippen molar-refractivity contribution in [1.29, 1.82) is 0 Å². The molecule has 0 bridgehead atoms. The minimum atomic E-state index is -4.89. The molecule has 194 valence electrons. The lowest BCUT2D eigenvalue weighted by Crippen LogP contribution is -2.26. The first-order chi connectivity index (χ1) is 17.3. The standard InChI is InChI=1S/C27H24ClF4N3O2/c1-14-6-4-8-20(28)23(14)34-35-12-15-10-16(24-17(18(15)13-35)11-26(2,3)37-24)25(36)33-21-9-5-7-19(22(21)29)27(30,31)32/h4-10,34H,11-13H2,1-3H3,(H,33,36). The third kappa shape index (κ3) is 4.73. The van der Waals surface area contributed by atoms with Crippen molar-refractivity contribution in [2.45, 2.75) is 52.1 Å². The largest absolute Gasteiger partial charge is 0.486 e. The zero-order valence-corrected chi connectivity index (χ0v) is 21.1. The van der Waals surface area contributed by atoms with Gasteiger partial charge in [0.05, 0.1) is 27.5 Å². The van der Waals surface area contributed by atoms with Gasteiger partial charge in [0.25, 0.3) is 5.91 Å². The molecule has 0 saturated heterocycles. The first kappa shape index (κ1) is 25.4. The molecule has 0 fully saturated rings. The number of hydrogen-bond donors (Lipinski definition) is 2. The van der Waals surface area contributed by atoms with Gasteiger partial charge in [0, 0.05) is 25.1 Å². The van der Waals surface area contributed by atoms with Gasteiger partial charge >= 0.3 is 6.18 Å². The molecule has 37 heavy (non-hydrogen) atoms. The fraction of sp³-hybridized carbons (Fsp3) is 0.296. The van der Waals surface area contributed by atoms with Crippen LogP contribution in [0.1, 0.15) is 52.0 Å². The summed E-state index contributed by atoms with van der Waals surface area (Å²) in [6.45, 7) is 6.72. The molecule has 1 amide bonds. The van der Waals surface area contributed by atoms with E-state index in [1.54, 1.807) is 12.1 Å². The normalized spacial score (nSPS) is 16.2. The number of aryl methyl sites for hydroxylation is 1. The lowest BCUT2D eigenvalue weighted by Gasteiger charge is -2.20. The third-order valence-electron chi connectivity index (χ3n) is 6.57. The molecular formula is C27H24ClF4N3O2. The van der Waals surface area contributed by atoms with Gasteiger partial charge in [0.15, 0.2) is 5.82 Å². The van der Waals surface area contributed by atoms with E-state index >= 15 is 0 Å². The number of ether oxygens (including phenoxy) is 1. The van der Waals surface area contributed by atoms with Gasteiger partial charge in [0.1, 0.15) is 11.4 Å². The smallest absolute Gasteiger partial charge is 0.419 e. The van der Waals surface area contributed by atoms with Crippen LogP contribution < -0.4 is 15.5 Å². The molecule has 2 N–H and O–H groups in total. The maximum atomic E-state index is 14.6. The second-order valence-corrected chi connectivity index (χ2v) is 10.3. The van der Waals surface area contributed by atoms with E-state index in [-0.39, 0.29) is 5.56 Å². The number of fused-ring (bicyclic) bond motifs is 3. The maximum absolute atomic E-state index is 14.6. The number of halogens is 5. The highest BCUT2D eigenvalue weighted by Gasteiger charge is 2.39. The molecule has 0 aromatic heterocycles. The van der Waals surface area contributed by atoms with E-state index < -0.39 is 34.8 Å². The Bertz CT molecular complexity index is 1400. The quantitative estimate of drug-likeness (QED) is 0.351. The van der Waals surface area contributed by atoms with Crippen LogP contribution in [0.25, 0.3) is 0 Å². The van der Waals surface area contributed by atoms with Gasteiger partial charge in [-0.25, -0.2) is 9.40 Å². The van der Waals surface area contributed by atoms with Crippen molar-refractivity contribution in [3.63, 3.8) is 0 Å². The van der Waals surface area contributed by atoms with Gasteiger partial charge in [0.2, 0.25) is 0 Å².